The maximum atomic E-state index is 12.5. The molecule has 2 amide bonds. The van der Waals surface area contributed by atoms with Crippen LogP contribution in [0.15, 0.2) is 0 Å². The number of morpholine rings is 1. The molecule has 2 aromatic heterocycles. The summed E-state index contributed by atoms with van der Waals surface area (Å²) in [7, 11) is 1.38. The summed E-state index contributed by atoms with van der Waals surface area (Å²) in [6, 6.07) is 0. The van der Waals surface area contributed by atoms with Crippen molar-refractivity contribution in [2.24, 2.45) is 11.8 Å². The quantitative estimate of drug-likeness (QED) is 0.276. The molecule has 2 aromatic rings. The third-order valence-corrected chi connectivity index (χ3v) is 12.5. The summed E-state index contributed by atoms with van der Waals surface area (Å²) >= 11 is 3.08. The maximum absolute atomic E-state index is 12.5. The smallest absolute Gasteiger partial charge is 0.341 e. The number of anilines is 2. The van der Waals surface area contributed by atoms with Crippen LogP contribution >= 0.6 is 22.7 Å². The number of hydrogen-bond donors (Lipinski definition) is 2. The number of likely N-dealkylation sites (tertiary alicyclic amines) is 1. The molecule has 4 heterocycles. The number of carbonyl (C=O) groups is 4. The van der Waals surface area contributed by atoms with Crippen LogP contribution < -0.4 is 10.6 Å². The highest BCUT2D eigenvalue weighted by molar-refractivity contribution is 7.17. The summed E-state index contributed by atoms with van der Waals surface area (Å²) in [4.78, 5) is 56.4. The summed E-state index contributed by atoms with van der Waals surface area (Å²) in [5.41, 5.74) is 3.32. The molecule has 11 nitrogen and oxygen atoms in total. The van der Waals surface area contributed by atoms with E-state index in [9.17, 15) is 19.2 Å². The zero-order valence-corrected chi connectivity index (χ0v) is 31.8. The van der Waals surface area contributed by atoms with Crippen LogP contribution in [-0.4, -0.2) is 99.8 Å². The highest BCUT2D eigenvalue weighted by Gasteiger charge is 2.30. The highest BCUT2D eigenvalue weighted by atomic mass is 32.1. The van der Waals surface area contributed by atoms with E-state index in [2.05, 4.69) is 34.3 Å². The molecule has 2 saturated heterocycles. The molecule has 2 aliphatic carbocycles. The van der Waals surface area contributed by atoms with E-state index in [0.29, 0.717) is 53.0 Å². The van der Waals surface area contributed by atoms with Crippen molar-refractivity contribution in [3.8, 4) is 0 Å². The maximum Gasteiger partial charge on any atom is 0.341 e. The lowest BCUT2D eigenvalue weighted by atomic mass is 9.88. The van der Waals surface area contributed by atoms with E-state index < -0.39 is 0 Å². The average Bonchev–Trinajstić information content (AvgIpc) is 3.80. The van der Waals surface area contributed by atoms with Gasteiger partial charge in [-0.1, -0.05) is 13.8 Å². The van der Waals surface area contributed by atoms with Crippen LogP contribution in [0.1, 0.15) is 101 Å². The minimum Gasteiger partial charge on any atom is -0.465 e. The first-order chi connectivity index (χ1) is 24.2. The standard InChI is InChI=1S/C21H32N2O3S.C16H22N2O4S/c1-4-26-21(25)19-16-6-5-15(3)13-17(16)27-20(19)22-18(24)9-12-23-10-7-14(2)8-11-23;1-21-16(20)14-11-3-2-4-12(11)23-15(14)17-13(19)5-6-18-7-9-22-10-8-18/h14-15H,4-13H2,1-3H3,(H,22,24);2-10H2,1H3,(H,17,19). The fraction of sp³-hybridized carbons (Fsp3) is 0.676. The molecule has 13 heteroatoms. The van der Waals surface area contributed by atoms with Gasteiger partial charge in [0, 0.05) is 48.8 Å². The lowest BCUT2D eigenvalue weighted by Crippen LogP contribution is -2.38. The minimum atomic E-state index is -0.354. The van der Waals surface area contributed by atoms with Crippen molar-refractivity contribution in [2.45, 2.75) is 85.0 Å². The van der Waals surface area contributed by atoms with Crippen LogP contribution in [0, 0.1) is 11.8 Å². The predicted molar refractivity (Wildman–Crippen MR) is 198 cm³/mol. The topological polar surface area (TPSA) is 127 Å². The van der Waals surface area contributed by atoms with Gasteiger partial charge in [0.25, 0.3) is 0 Å². The Morgan fingerprint density at radius 2 is 1.34 bits per heavy atom. The van der Waals surface area contributed by atoms with Crippen molar-refractivity contribution in [1.29, 1.82) is 0 Å². The Hall–Kier alpha value is -2.84. The van der Waals surface area contributed by atoms with Gasteiger partial charge in [-0.3, -0.25) is 14.5 Å². The molecule has 0 aromatic carbocycles. The number of thiophene rings is 2. The monoisotopic (exact) mass is 730 g/mol. The van der Waals surface area contributed by atoms with Crippen LogP contribution in [0.3, 0.4) is 0 Å². The molecule has 0 bridgehead atoms. The molecule has 276 valence electrons. The van der Waals surface area contributed by atoms with Gasteiger partial charge in [0.1, 0.15) is 10.0 Å². The molecular formula is C37H54N4O7S2. The molecule has 4 aliphatic rings. The van der Waals surface area contributed by atoms with Crippen molar-refractivity contribution in [1.82, 2.24) is 9.80 Å². The predicted octanol–water partition coefficient (Wildman–Crippen LogP) is 5.79. The van der Waals surface area contributed by atoms with E-state index in [1.807, 2.05) is 6.92 Å². The molecule has 1 unspecified atom stereocenters. The summed E-state index contributed by atoms with van der Waals surface area (Å²) < 4.78 is 15.5. The second-order valence-corrected chi connectivity index (χ2v) is 16.1. The molecule has 2 N–H and O–H groups in total. The number of nitrogens with one attached hydrogen (secondary N) is 2. The Balaban J connectivity index is 0.000000197. The van der Waals surface area contributed by atoms with Crippen LogP contribution in [-0.2, 0) is 49.5 Å². The second-order valence-electron chi connectivity index (χ2n) is 13.9. The van der Waals surface area contributed by atoms with Gasteiger partial charge < -0.3 is 29.7 Å². The fourth-order valence-corrected chi connectivity index (χ4v) is 9.79. The van der Waals surface area contributed by atoms with Gasteiger partial charge in [0.05, 0.1) is 38.1 Å². The number of ether oxygens (including phenoxy) is 3. The van der Waals surface area contributed by atoms with Crippen molar-refractivity contribution < 1.29 is 33.4 Å². The van der Waals surface area contributed by atoms with Crippen molar-refractivity contribution in [2.75, 3.05) is 76.8 Å². The second kappa shape index (κ2) is 18.6. The first kappa shape index (κ1) is 38.4. The highest BCUT2D eigenvalue weighted by Crippen LogP contribution is 2.41. The fourth-order valence-electron chi connectivity index (χ4n) is 7.08. The van der Waals surface area contributed by atoms with Crippen LogP contribution in [0.5, 0.6) is 0 Å². The van der Waals surface area contributed by atoms with Crippen molar-refractivity contribution >= 4 is 56.4 Å². The Bertz CT molecular complexity index is 1490. The Labute approximate surface area is 304 Å². The van der Waals surface area contributed by atoms with Gasteiger partial charge >= 0.3 is 11.9 Å². The number of aryl methyl sites for hydroxylation is 1. The van der Waals surface area contributed by atoms with Gasteiger partial charge in [0.2, 0.25) is 11.8 Å². The van der Waals surface area contributed by atoms with E-state index in [0.717, 1.165) is 102 Å². The lowest BCUT2D eigenvalue weighted by Gasteiger charge is -2.29. The molecule has 1 atom stereocenters. The zero-order chi connectivity index (χ0) is 35.6. The molecule has 0 radical (unpaired) electrons. The molecule has 2 fully saturated rings. The van der Waals surface area contributed by atoms with Crippen LogP contribution in [0.2, 0.25) is 0 Å². The number of piperidine rings is 1. The Morgan fingerprint density at radius 3 is 1.96 bits per heavy atom. The van der Waals surface area contributed by atoms with Gasteiger partial charge in [0.15, 0.2) is 0 Å². The third kappa shape index (κ3) is 10.1. The minimum absolute atomic E-state index is 0.00850. The van der Waals surface area contributed by atoms with Gasteiger partial charge in [-0.15, -0.1) is 22.7 Å². The number of rotatable bonds is 11. The lowest BCUT2D eigenvalue weighted by molar-refractivity contribution is -0.117. The number of carbonyl (C=O) groups excluding carboxylic acids is 4. The van der Waals surface area contributed by atoms with E-state index in [1.54, 1.807) is 11.3 Å². The van der Waals surface area contributed by atoms with E-state index in [1.165, 1.54) is 41.0 Å². The van der Waals surface area contributed by atoms with Crippen molar-refractivity contribution in [3.05, 3.63) is 32.0 Å². The summed E-state index contributed by atoms with van der Waals surface area (Å²) in [5, 5.41) is 7.27. The number of nitrogens with zero attached hydrogens (tertiary/aromatic N) is 2. The van der Waals surface area contributed by atoms with Crippen LogP contribution in [0.4, 0.5) is 10.0 Å². The summed E-state index contributed by atoms with van der Waals surface area (Å²) in [6.45, 7) is 13.5. The van der Waals surface area contributed by atoms with Gasteiger partial charge in [-0.25, -0.2) is 9.59 Å². The average molecular weight is 731 g/mol. The first-order valence-corrected chi connectivity index (χ1v) is 20.0. The number of methoxy groups -OCH3 is 1. The SMILES string of the molecule is CCOC(=O)c1c(NC(=O)CCN2CCC(C)CC2)sc2c1CCC(C)C2.COC(=O)c1c(NC(=O)CCN2CCOCC2)sc2c1CCC2. The number of hydrogen-bond acceptors (Lipinski definition) is 11. The van der Waals surface area contributed by atoms with E-state index in [-0.39, 0.29) is 23.8 Å². The van der Waals surface area contributed by atoms with E-state index >= 15 is 0 Å². The number of esters is 2. The first-order valence-electron chi connectivity index (χ1n) is 18.3. The van der Waals surface area contributed by atoms with Gasteiger partial charge in [-0.2, -0.15) is 0 Å². The van der Waals surface area contributed by atoms with E-state index in [4.69, 9.17) is 14.2 Å². The van der Waals surface area contributed by atoms with Crippen LogP contribution in [0.25, 0.3) is 0 Å². The molecule has 0 spiro atoms. The molecular weight excluding hydrogens is 677 g/mol. The Kier molecular flexibility index (Phi) is 14.3. The Morgan fingerprint density at radius 1 is 0.760 bits per heavy atom. The molecule has 50 heavy (non-hydrogen) atoms. The largest absolute Gasteiger partial charge is 0.465 e. The number of fused-ring (bicyclic) bond motifs is 2. The number of amides is 2. The molecule has 0 saturated carbocycles. The van der Waals surface area contributed by atoms with Crippen molar-refractivity contribution in [3.63, 3.8) is 0 Å². The zero-order valence-electron chi connectivity index (χ0n) is 30.2. The normalized spacial score (nSPS) is 19.5. The summed E-state index contributed by atoms with van der Waals surface area (Å²) in [6.07, 6.45) is 9.20. The third-order valence-electron chi connectivity index (χ3n) is 10.1. The van der Waals surface area contributed by atoms with Gasteiger partial charge in [-0.05, 0) is 94.3 Å². The molecule has 6 rings (SSSR count). The summed E-state index contributed by atoms with van der Waals surface area (Å²) in [5.74, 6) is 0.698. The molecule has 2 aliphatic heterocycles.